The predicted octanol–water partition coefficient (Wildman–Crippen LogP) is 4.13. The molecule has 2 N–H and O–H groups in total. The number of likely N-dealkylation sites (tertiary alicyclic amines) is 1. The van der Waals surface area contributed by atoms with Gasteiger partial charge < -0.3 is 10.6 Å². The summed E-state index contributed by atoms with van der Waals surface area (Å²) >= 11 is 0. The summed E-state index contributed by atoms with van der Waals surface area (Å²) < 4.78 is 13.0. The molecule has 3 heterocycles. The van der Waals surface area contributed by atoms with Crippen LogP contribution in [0.3, 0.4) is 0 Å². The van der Waals surface area contributed by atoms with Crippen molar-refractivity contribution < 1.29 is 9.18 Å². The monoisotopic (exact) mass is 391 g/mol. The molecule has 0 bridgehead atoms. The van der Waals surface area contributed by atoms with Crippen molar-refractivity contribution in [2.75, 3.05) is 23.7 Å². The van der Waals surface area contributed by atoms with Crippen LogP contribution in [-0.4, -0.2) is 33.9 Å². The maximum Gasteiger partial charge on any atom is 0.238 e. The molecule has 6 nitrogen and oxygen atoms in total. The van der Waals surface area contributed by atoms with Crippen LogP contribution in [0.2, 0.25) is 0 Å². The first-order chi connectivity index (χ1) is 14.2. The van der Waals surface area contributed by atoms with E-state index >= 15 is 0 Å². The summed E-state index contributed by atoms with van der Waals surface area (Å²) in [7, 11) is 0. The molecular formula is C22H22FN5O. The van der Waals surface area contributed by atoms with Gasteiger partial charge in [0.25, 0.3) is 0 Å². The topological polar surface area (TPSA) is 70.2 Å². The molecule has 3 aromatic rings. The van der Waals surface area contributed by atoms with Gasteiger partial charge in [0.1, 0.15) is 11.6 Å². The molecule has 0 saturated carbocycles. The highest BCUT2D eigenvalue weighted by atomic mass is 19.1. The second-order valence-corrected chi connectivity index (χ2v) is 7.00. The first kappa shape index (κ1) is 19.0. The van der Waals surface area contributed by atoms with Crippen molar-refractivity contribution in [3.63, 3.8) is 0 Å². The maximum absolute atomic E-state index is 13.0. The van der Waals surface area contributed by atoms with Gasteiger partial charge in [-0.15, -0.1) is 0 Å². The van der Waals surface area contributed by atoms with E-state index in [2.05, 4.69) is 25.5 Å². The normalized spacial score (nSPS) is 16.5. The lowest BCUT2D eigenvalue weighted by atomic mass is 10.1. The minimum Gasteiger partial charge on any atom is -0.339 e. The molecule has 0 unspecified atom stereocenters. The number of carbonyl (C=O) groups is 1. The Balaban J connectivity index is 1.37. The van der Waals surface area contributed by atoms with Crippen LogP contribution in [0.5, 0.6) is 0 Å². The molecule has 148 valence electrons. The molecule has 4 rings (SSSR count). The van der Waals surface area contributed by atoms with Crippen molar-refractivity contribution in [3.05, 3.63) is 78.5 Å². The van der Waals surface area contributed by atoms with Crippen molar-refractivity contribution in [1.29, 1.82) is 0 Å². The number of anilines is 3. The zero-order valence-corrected chi connectivity index (χ0v) is 15.9. The van der Waals surface area contributed by atoms with Crippen LogP contribution >= 0.6 is 0 Å². The van der Waals surface area contributed by atoms with E-state index in [1.807, 2.05) is 30.3 Å². The number of hydrogen-bond donors (Lipinski definition) is 2. The van der Waals surface area contributed by atoms with Gasteiger partial charge in [-0.25, -0.2) is 9.37 Å². The van der Waals surface area contributed by atoms with E-state index in [1.165, 1.54) is 12.1 Å². The Hall–Kier alpha value is -3.32. The second-order valence-electron chi connectivity index (χ2n) is 7.00. The molecule has 1 aromatic carbocycles. The number of rotatable bonds is 6. The zero-order valence-electron chi connectivity index (χ0n) is 15.9. The van der Waals surface area contributed by atoms with E-state index in [0.29, 0.717) is 5.69 Å². The number of pyridine rings is 2. The first-order valence-corrected chi connectivity index (χ1v) is 9.61. The van der Waals surface area contributed by atoms with Gasteiger partial charge in [-0.05, 0) is 67.9 Å². The Morgan fingerprint density at radius 2 is 1.90 bits per heavy atom. The molecule has 7 heteroatoms. The molecule has 0 spiro atoms. The Kier molecular flexibility index (Phi) is 5.76. The average molecular weight is 391 g/mol. The van der Waals surface area contributed by atoms with E-state index in [4.69, 9.17) is 0 Å². The van der Waals surface area contributed by atoms with Crippen LogP contribution < -0.4 is 10.6 Å². The number of nitrogens with zero attached hydrogens (tertiary/aromatic N) is 3. The largest absolute Gasteiger partial charge is 0.339 e. The van der Waals surface area contributed by atoms with Crippen molar-refractivity contribution >= 4 is 23.1 Å². The molecule has 0 radical (unpaired) electrons. The molecule has 1 saturated heterocycles. The second kappa shape index (κ2) is 8.79. The van der Waals surface area contributed by atoms with E-state index in [9.17, 15) is 9.18 Å². The van der Waals surface area contributed by atoms with E-state index < -0.39 is 0 Å². The summed E-state index contributed by atoms with van der Waals surface area (Å²) in [5, 5.41) is 6.04. The number of hydrogen-bond acceptors (Lipinski definition) is 5. The Bertz CT molecular complexity index is 947. The number of halogens is 1. The fourth-order valence-corrected chi connectivity index (χ4v) is 3.53. The Morgan fingerprint density at radius 1 is 1.07 bits per heavy atom. The van der Waals surface area contributed by atoms with Gasteiger partial charge in [-0.3, -0.25) is 14.7 Å². The lowest BCUT2D eigenvalue weighted by Crippen LogP contribution is -2.33. The lowest BCUT2D eigenvalue weighted by molar-refractivity contribution is -0.117. The van der Waals surface area contributed by atoms with Crippen LogP contribution in [0.15, 0.2) is 67.0 Å². The predicted molar refractivity (Wildman–Crippen MR) is 110 cm³/mol. The highest BCUT2D eigenvalue weighted by molar-refractivity contribution is 5.92. The highest BCUT2D eigenvalue weighted by Crippen LogP contribution is 2.31. The zero-order chi connectivity index (χ0) is 20.1. The number of carbonyl (C=O) groups excluding carboxylic acids is 1. The summed E-state index contributed by atoms with van der Waals surface area (Å²) in [6.07, 6.45) is 5.50. The molecule has 1 fully saturated rings. The fraction of sp³-hybridized carbons (Fsp3) is 0.227. The van der Waals surface area contributed by atoms with Gasteiger partial charge in [-0.1, -0.05) is 6.07 Å². The molecule has 1 atom stereocenters. The smallest absolute Gasteiger partial charge is 0.238 e. The fourth-order valence-electron chi connectivity index (χ4n) is 3.53. The molecule has 2 aromatic heterocycles. The minimum atomic E-state index is -0.324. The molecule has 1 amide bonds. The van der Waals surface area contributed by atoms with Gasteiger partial charge >= 0.3 is 0 Å². The third-order valence-electron chi connectivity index (χ3n) is 4.90. The van der Waals surface area contributed by atoms with Crippen LogP contribution in [0.1, 0.15) is 24.6 Å². The average Bonchev–Trinajstić information content (AvgIpc) is 3.19. The van der Waals surface area contributed by atoms with E-state index in [1.54, 1.807) is 24.5 Å². The molecule has 29 heavy (non-hydrogen) atoms. The summed E-state index contributed by atoms with van der Waals surface area (Å²) in [4.78, 5) is 23.4. The standard InChI is InChI=1S/C22H22FN5O/c23-16-6-8-17(9-7-16)27-22(29)15-28-13-3-4-20(28)19-11-10-18(14-25-19)26-21-5-1-2-12-24-21/h1-2,5-12,14,20H,3-4,13,15H2,(H,24,26)(H,27,29)/t20-/m0/s1. The lowest BCUT2D eigenvalue weighted by Gasteiger charge is -2.23. The van der Waals surface area contributed by atoms with Crippen LogP contribution in [-0.2, 0) is 4.79 Å². The number of benzene rings is 1. The molecular weight excluding hydrogens is 369 g/mol. The number of nitrogens with one attached hydrogen (secondary N) is 2. The van der Waals surface area contributed by atoms with Gasteiger partial charge in [0.2, 0.25) is 5.91 Å². The third kappa shape index (κ3) is 4.94. The number of amides is 1. The highest BCUT2D eigenvalue weighted by Gasteiger charge is 2.28. The minimum absolute atomic E-state index is 0.109. The van der Waals surface area contributed by atoms with Crippen LogP contribution in [0.25, 0.3) is 0 Å². The molecule has 1 aliphatic heterocycles. The maximum atomic E-state index is 13.0. The van der Waals surface area contributed by atoms with Gasteiger partial charge in [-0.2, -0.15) is 0 Å². The number of aromatic nitrogens is 2. The van der Waals surface area contributed by atoms with Crippen molar-refractivity contribution in [2.45, 2.75) is 18.9 Å². The Morgan fingerprint density at radius 3 is 2.62 bits per heavy atom. The first-order valence-electron chi connectivity index (χ1n) is 9.61. The third-order valence-corrected chi connectivity index (χ3v) is 4.90. The summed E-state index contributed by atoms with van der Waals surface area (Å²) in [5.41, 5.74) is 2.41. The summed E-state index contributed by atoms with van der Waals surface area (Å²) in [6, 6.07) is 15.5. The van der Waals surface area contributed by atoms with Crippen LogP contribution in [0.4, 0.5) is 21.6 Å². The summed E-state index contributed by atoms with van der Waals surface area (Å²) in [5.74, 6) is 0.327. The van der Waals surface area contributed by atoms with E-state index in [-0.39, 0.29) is 24.3 Å². The Labute approximate surface area is 168 Å². The van der Waals surface area contributed by atoms with Gasteiger partial charge in [0, 0.05) is 11.9 Å². The van der Waals surface area contributed by atoms with Crippen molar-refractivity contribution in [3.8, 4) is 0 Å². The van der Waals surface area contributed by atoms with Crippen LogP contribution in [0, 0.1) is 5.82 Å². The van der Waals surface area contributed by atoms with Gasteiger partial charge in [0.05, 0.1) is 30.2 Å². The molecule has 1 aliphatic rings. The van der Waals surface area contributed by atoms with E-state index in [0.717, 1.165) is 36.6 Å². The quantitative estimate of drug-likeness (QED) is 0.661. The SMILES string of the molecule is O=C(CN1CCC[C@H]1c1ccc(Nc2ccccn2)cn1)Nc1ccc(F)cc1. The van der Waals surface area contributed by atoms with Crippen molar-refractivity contribution in [2.24, 2.45) is 0 Å². The summed E-state index contributed by atoms with van der Waals surface area (Å²) in [6.45, 7) is 1.12. The van der Waals surface area contributed by atoms with Gasteiger partial charge in [0.15, 0.2) is 0 Å². The molecule has 0 aliphatic carbocycles. The van der Waals surface area contributed by atoms with Crippen molar-refractivity contribution in [1.82, 2.24) is 14.9 Å².